The van der Waals surface area contributed by atoms with Gasteiger partial charge in [0.2, 0.25) is 5.95 Å². The first-order valence-corrected chi connectivity index (χ1v) is 9.83. The number of carbonyl (C=O) groups excluding carboxylic acids is 2. The van der Waals surface area contributed by atoms with Crippen LogP contribution in [0.3, 0.4) is 0 Å². The molecule has 30 heavy (non-hydrogen) atoms. The molecule has 0 aliphatic carbocycles. The zero-order valence-electron chi connectivity index (χ0n) is 16.0. The third-order valence-corrected chi connectivity index (χ3v) is 4.98. The van der Waals surface area contributed by atoms with Crippen molar-refractivity contribution >= 4 is 29.4 Å². The van der Waals surface area contributed by atoms with Crippen molar-refractivity contribution in [1.29, 1.82) is 0 Å². The lowest BCUT2D eigenvalue weighted by Crippen LogP contribution is -2.39. The molecular weight excluding hydrogens is 404 g/mol. The Balaban J connectivity index is 1.36. The van der Waals surface area contributed by atoms with Gasteiger partial charge >= 0.3 is 0 Å². The molecule has 0 atom stereocenters. The Hall–Kier alpha value is -3.45. The number of anilines is 1. The van der Waals surface area contributed by atoms with Crippen LogP contribution >= 0.6 is 11.6 Å². The minimum absolute atomic E-state index is 0.0184. The fraction of sp³-hybridized carbons (Fsp3) is 0.182. The Morgan fingerprint density at radius 2 is 1.87 bits per heavy atom. The van der Waals surface area contributed by atoms with Gasteiger partial charge in [-0.2, -0.15) is 0 Å². The maximum atomic E-state index is 12.5. The molecule has 0 fully saturated rings. The van der Waals surface area contributed by atoms with Crippen LogP contribution in [0, 0.1) is 0 Å². The number of amides is 2. The molecule has 8 heteroatoms. The summed E-state index contributed by atoms with van der Waals surface area (Å²) in [7, 11) is 0. The van der Waals surface area contributed by atoms with Crippen molar-refractivity contribution in [3.63, 3.8) is 0 Å². The average Bonchev–Trinajstić information content (AvgIpc) is 2.78. The van der Waals surface area contributed by atoms with Gasteiger partial charge in [-0.1, -0.05) is 29.8 Å². The van der Waals surface area contributed by atoms with E-state index in [9.17, 15) is 9.59 Å². The molecule has 2 aromatic carbocycles. The highest BCUT2D eigenvalue weighted by molar-refractivity contribution is 6.30. The van der Waals surface area contributed by atoms with E-state index in [1.807, 2.05) is 30.3 Å². The van der Waals surface area contributed by atoms with Crippen LogP contribution in [0.4, 0.5) is 5.95 Å². The molecule has 0 saturated carbocycles. The monoisotopic (exact) mass is 422 g/mol. The number of aromatic nitrogens is 2. The molecule has 1 aliphatic heterocycles. The zero-order chi connectivity index (χ0) is 20.9. The lowest BCUT2D eigenvalue weighted by atomic mass is 10.1. The Bertz CT molecular complexity index is 1060. The molecule has 7 nitrogen and oxygen atoms in total. The average molecular weight is 423 g/mol. The molecule has 1 aromatic heterocycles. The maximum Gasteiger partial charge on any atom is 0.260 e. The molecule has 0 radical (unpaired) electrons. The Kier molecular flexibility index (Phi) is 5.90. The topological polar surface area (TPSA) is 84.4 Å². The summed E-state index contributed by atoms with van der Waals surface area (Å²) in [6.07, 6.45) is 2.23. The van der Waals surface area contributed by atoms with E-state index in [1.165, 1.54) is 0 Å². The quantitative estimate of drug-likeness (QED) is 0.681. The molecule has 0 saturated heterocycles. The standard InChI is InChI=1S/C22H19ClN4O3/c23-17-8-6-15(7-9-17)21(29)26-22-24-12-16-13-27(11-10-19(16)25-22)20(28)14-30-18-4-2-1-3-5-18/h1-9,12H,10-11,13-14H2,(H,24,25,26,29). The first kappa shape index (κ1) is 19.8. The van der Waals surface area contributed by atoms with Gasteiger partial charge < -0.3 is 9.64 Å². The highest BCUT2D eigenvalue weighted by atomic mass is 35.5. The van der Waals surface area contributed by atoms with Crippen molar-refractivity contribution in [2.75, 3.05) is 18.5 Å². The van der Waals surface area contributed by atoms with Crippen LogP contribution in [0.15, 0.2) is 60.8 Å². The number of nitrogens with zero attached hydrogens (tertiary/aromatic N) is 3. The summed E-state index contributed by atoms with van der Waals surface area (Å²) in [5, 5.41) is 3.26. The normalized spacial score (nSPS) is 12.8. The predicted octanol–water partition coefficient (Wildman–Crippen LogP) is 3.35. The minimum atomic E-state index is -0.308. The Morgan fingerprint density at radius 3 is 2.63 bits per heavy atom. The molecule has 0 bridgehead atoms. The largest absolute Gasteiger partial charge is 0.484 e. The number of fused-ring (bicyclic) bond motifs is 1. The highest BCUT2D eigenvalue weighted by Gasteiger charge is 2.23. The minimum Gasteiger partial charge on any atom is -0.484 e. The molecule has 2 amide bonds. The van der Waals surface area contributed by atoms with Crippen molar-refractivity contribution in [3.05, 3.63) is 82.6 Å². The van der Waals surface area contributed by atoms with E-state index in [0.29, 0.717) is 35.8 Å². The second-order valence-electron chi connectivity index (χ2n) is 6.79. The summed E-state index contributed by atoms with van der Waals surface area (Å²) in [5.41, 5.74) is 2.15. The van der Waals surface area contributed by atoms with E-state index in [2.05, 4.69) is 15.3 Å². The van der Waals surface area contributed by atoms with Gasteiger partial charge in [0.1, 0.15) is 5.75 Å². The van der Waals surface area contributed by atoms with Crippen LogP contribution in [-0.2, 0) is 17.8 Å². The van der Waals surface area contributed by atoms with Crippen molar-refractivity contribution in [2.45, 2.75) is 13.0 Å². The predicted molar refractivity (Wildman–Crippen MR) is 112 cm³/mol. The lowest BCUT2D eigenvalue weighted by Gasteiger charge is -2.28. The van der Waals surface area contributed by atoms with Gasteiger partial charge in [0.15, 0.2) is 6.61 Å². The lowest BCUT2D eigenvalue weighted by molar-refractivity contribution is -0.134. The number of rotatable bonds is 5. The number of benzene rings is 2. The molecule has 2 heterocycles. The number of carbonyl (C=O) groups is 2. The van der Waals surface area contributed by atoms with Gasteiger partial charge in [-0.25, -0.2) is 9.97 Å². The number of halogens is 1. The summed E-state index contributed by atoms with van der Waals surface area (Å²) in [6.45, 7) is 0.929. The summed E-state index contributed by atoms with van der Waals surface area (Å²) >= 11 is 5.85. The van der Waals surface area contributed by atoms with Crippen LogP contribution in [0.5, 0.6) is 5.75 Å². The summed E-state index contributed by atoms with van der Waals surface area (Å²) in [6, 6.07) is 15.8. The fourth-order valence-corrected chi connectivity index (χ4v) is 3.24. The molecular formula is C22H19ClN4O3. The highest BCUT2D eigenvalue weighted by Crippen LogP contribution is 2.19. The second-order valence-corrected chi connectivity index (χ2v) is 7.23. The van der Waals surface area contributed by atoms with Crippen LogP contribution in [-0.4, -0.2) is 39.8 Å². The first-order valence-electron chi connectivity index (χ1n) is 9.46. The van der Waals surface area contributed by atoms with Gasteiger partial charge in [0.25, 0.3) is 11.8 Å². The van der Waals surface area contributed by atoms with Gasteiger partial charge in [0, 0.05) is 41.9 Å². The smallest absolute Gasteiger partial charge is 0.260 e. The molecule has 4 rings (SSSR count). The second kappa shape index (κ2) is 8.92. The first-order chi connectivity index (χ1) is 14.6. The van der Waals surface area contributed by atoms with Crippen molar-refractivity contribution in [1.82, 2.24) is 14.9 Å². The van der Waals surface area contributed by atoms with Crippen LogP contribution in [0.25, 0.3) is 0 Å². The molecule has 152 valence electrons. The van der Waals surface area contributed by atoms with E-state index in [4.69, 9.17) is 16.3 Å². The van der Waals surface area contributed by atoms with Crippen molar-refractivity contribution in [2.24, 2.45) is 0 Å². The van der Waals surface area contributed by atoms with Crippen molar-refractivity contribution in [3.8, 4) is 5.75 Å². The van der Waals surface area contributed by atoms with Crippen LogP contribution in [0.2, 0.25) is 5.02 Å². The molecule has 1 N–H and O–H groups in total. The molecule has 0 spiro atoms. The fourth-order valence-electron chi connectivity index (χ4n) is 3.12. The molecule has 3 aromatic rings. The summed E-state index contributed by atoms with van der Waals surface area (Å²) in [5.74, 6) is 0.496. The third-order valence-electron chi connectivity index (χ3n) is 4.72. The van der Waals surface area contributed by atoms with Gasteiger partial charge in [-0.15, -0.1) is 0 Å². The van der Waals surface area contributed by atoms with E-state index in [1.54, 1.807) is 35.4 Å². The number of ether oxygens (including phenoxy) is 1. The summed E-state index contributed by atoms with van der Waals surface area (Å²) < 4.78 is 5.54. The van der Waals surface area contributed by atoms with Gasteiger partial charge in [-0.3, -0.25) is 14.9 Å². The number of nitrogens with one attached hydrogen (secondary N) is 1. The Labute approximate surface area is 178 Å². The van der Waals surface area contributed by atoms with E-state index < -0.39 is 0 Å². The molecule has 1 aliphatic rings. The Morgan fingerprint density at radius 1 is 1.10 bits per heavy atom. The maximum absolute atomic E-state index is 12.5. The van der Waals surface area contributed by atoms with Gasteiger partial charge in [-0.05, 0) is 36.4 Å². The van der Waals surface area contributed by atoms with Gasteiger partial charge in [0.05, 0.1) is 5.69 Å². The van der Waals surface area contributed by atoms with Crippen LogP contribution < -0.4 is 10.1 Å². The molecule has 0 unspecified atom stereocenters. The SMILES string of the molecule is O=C(Nc1ncc2c(n1)CCN(C(=O)COc1ccccc1)C2)c1ccc(Cl)cc1. The zero-order valence-corrected chi connectivity index (χ0v) is 16.8. The van der Waals surface area contributed by atoms with E-state index in [0.717, 1.165) is 11.3 Å². The van der Waals surface area contributed by atoms with Crippen molar-refractivity contribution < 1.29 is 14.3 Å². The van der Waals surface area contributed by atoms with Crippen LogP contribution in [0.1, 0.15) is 21.6 Å². The summed E-state index contributed by atoms with van der Waals surface area (Å²) in [4.78, 5) is 35.2. The number of hydrogen-bond donors (Lipinski definition) is 1. The number of hydrogen-bond acceptors (Lipinski definition) is 5. The van der Waals surface area contributed by atoms with E-state index in [-0.39, 0.29) is 24.4 Å². The number of para-hydroxylation sites is 1. The third kappa shape index (κ3) is 4.75. The van der Waals surface area contributed by atoms with E-state index >= 15 is 0 Å².